The van der Waals surface area contributed by atoms with Crippen molar-refractivity contribution in [1.82, 2.24) is 9.38 Å². The minimum absolute atomic E-state index is 0.378. The van der Waals surface area contributed by atoms with E-state index in [1.54, 1.807) is 22.9 Å². The van der Waals surface area contributed by atoms with Crippen LogP contribution in [-0.2, 0) is 0 Å². The van der Waals surface area contributed by atoms with Gasteiger partial charge in [0.25, 0.3) is 0 Å². The Kier molecular flexibility index (Phi) is 1.98. The molecule has 0 bridgehead atoms. The third-order valence-electron chi connectivity index (χ3n) is 1.59. The second-order valence-corrected chi connectivity index (χ2v) is 3.77. The van der Waals surface area contributed by atoms with E-state index >= 15 is 0 Å². The minimum Gasteiger partial charge on any atom is -0.303 e. The summed E-state index contributed by atoms with van der Waals surface area (Å²) >= 11 is 9.13. The van der Waals surface area contributed by atoms with E-state index in [4.69, 9.17) is 16.9 Å². The lowest BCUT2D eigenvalue weighted by atomic mass is 10.5. The van der Waals surface area contributed by atoms with Crippen molar-refractivity contribution in [2.75, 3.05) is 0 Å². The molecule has 0 spiro atoms. The maximum atomic E-state index is 8.62. The zero-order valence-corrected chi connectivity index (χ0v) is 8.67. The number of pyridine rings is 1. The molecule has 0 aliphatic rings. The summed E-state index contributed by atoms with van der Waals surface area (Å²) < 4.78 is 2.49. The average Bonchev–Trinajstić information content (AvgIpc) is 2.47. The highest BCUT2D eigenvalue weighted by atomic mass is 79.9. The van der Waals surface area contributed by atoms with Gasteiger partial charge in [0.2, 0.25) is 0 Å². The van der Waals surface area contributed by atoms with Gasteiger partial charge in [0.05, 0.1) is 9.50 Å². The van der Waals surface area contributed by atoms with Crippen LogP contribution in [0.5, 0.6) is 0 Å². The van der Waals surface area contributed by atoms with Crippen LogP contribution in [0.2, 0.25) is 5.02 Å². The van der Waals surface area contributed by atoms with E-state index in [9.17, 15) is 0 Å². The summed E-state index contributed by atoms with van der Waals surface area (Å²) in [5.41, 5.74) is 1.07. The van der Waals surface area contributed by atoms with Crippen LogP contribution in [0.25, 0.3) is 5.65 Å². The van der Waals surface area contributed by atoms with E-state index in [-0.39, 0.29) is 0 Å². The molecule has 5 heteroatoms. The Labute approximate surface area is 87.7 Å². The fourth-order valence-corrected chi connectivity index (χ4v) is 1.96. The van der Waals surface area contributed by atoms with Gasteiger partial charge in [-0.25, -0.2) is 4.98 Å². The fourth-order valence-electron chi connectivity index (χ4n) is 1.08. The van der Waals surface area contributed by atoms with Gasteiger partial charge in [-0.15, -0.1) is 0 Å². The predicted molar refractivity (Wildman–Crippen MR) is 52.6 cm³/mol. The number of halogens is 2. The average molecular weight is 256 g/mol. The second-order valence-electron chi connectivity index (χ2n) is 2.48. The maximum absolute atomic E-state index is 8.62. The number of aromatic nitrogens is 2. The third-order valence-corrected chi connectivity index (χ3v) is 2.38. The summed E-state index contributed by atoms with van der Waals surface area (Å²) in [4.78, 5) is 4.07. The molecule has 0 unspecified atom stereocenters. The molecule has 0 saturated carbocycles. The molecule has 0 aliphatic carbocycles. The maximum Gasteiger partial charge on any atom is 0.159 e. The zero-order chi connectivity index (χ0) is 9.42. The first kappa shape index (κ1) is 8.54. The lowest BCUT2D eigenvalue weighted by molar-refractivity contribution is 1.18. The Morgan fingerprint density at radius 1 is 1.54 bits per heavy atom. The van der Waals surface area contributed by atoms with Crippen LogP contribution in [0.15, 0.2) is 22.9 Å². The summed E-state index contributed by atoms with van der Waals surface area (Å²) in [6.07, 6.45) is 3.33. The quantitative estimate of drug-likeness (QED) is 0.727. The van der Waals surface area contributed by atoms with E-state index in [0.29, 0.717) is 16.4 Å². The lowest BCUT2D eigenvalue weighted by Gasteiger charge is -1.96. The van der Waals surface area contributed by atoms with Crippen molar-refractivity contribution in [3.63, 3.8) is 0 Å². The van der Waals surface area contributed by atoms with E-state index in [0.717, 1.165) is 4.47 Å². The standard InChI is InChI=1S/C8H3BrClN3/c9-7-1-5(10)3-13-4-6(2-11)12-8(7)13/h1,3-4H. The summed E-state index contributed by atoms with van der Waals surface area (Å²) in [6.45, 7) is 0. The van der Waals surface area contributed by atoms with Gasteiger partial charge in [-0.2, -0.15) is 5.26 Å². The molecular weight excluding hydrogens is 253 g/mol. The normalized spacial score (nSPS) is 10.2. The first-order valence-electron chi connectivity index (χ1n) is 3.44. The third kappa shape index (κ3) is 1.41. The van der Waals surface area contributed by atoms with Gasteiger partial charge in [0, 0.05) is 12.4 Å². The van der Waals surface area contributed by atoms with Gasteiger partial charge < -0.3 is 4.40 Å². The Balaban J connectivity index is 2.84. The summed E-state index contributed by atoms with van der Waals surface area (Å²) in [5, 5.41) is 9.22. The summed E-state index contributed by atoms with van der Waals surface area (Å²) in [5.74, 6) is 0. The molecular formula is C8H3BrClN3. The number of fused-ring (bicyclic) bond motifs is 1. The van der Waals surface area contributed by atoms with E-state index in [1.165, 1.54) is 0 Å². The van der Waals surface area contributed by atoms with Crippen molar-refractivity contribution in [2.24, 2.45) is 0 Å². The number of rotatable bonds is 0. The Bertz CT molecular complexity index is 512. The topological polar surface area (TPSA) is 41.1 Å². The molecule has 0 aromatic carbocycles. The molecule has 0 atom stereocenters. The van der Waals surface area contributed by atoms with Crippen LogP contribution < -0.4 is 0 Å². The van der Waals surface area contributed by atoms with Crippen LogP contribution in [0.4, 0.5) is 0 Å². The van der Waals surface area contributed by atoms with Gasteiger partial charge in [-0.05, 0) is 22.0 Å². The Morgan fingerprint density at radius 2 is 2.31 bits per heavy atom. The van der Waals surface area contributed by atoms with Crippen LogP contribution in [-0.4, -0.2) is 9.38 Å². The molecule has 0 N–H and O–H groups in total. The highest BCUT2D eigenvalue weighted by Gasteiger charge is 2.04. The summed E-state index contributed by atoms with van der Waals surface area (Å²) in [7, 11) is 0. The van der Waals surface area contributed by atoms with Crippen molar-refractivity contribution in [1.29, 1.82) is 5.26 Å². The van der Waals surface area contributed by atoms with Gasteiger partial charge in [0.1, 0.15) is 6.07 Å². The number of nitrogens with zero attached hydrogens (tertiary/aromatic N) is 3. The fraction of sp³-hybridized carbons (Fsp3) is 0. The van der Waals surface area contributed by atoms with Crippen molar-refractivity contribution < 1.29 is 0 Å². The largest absolute Gasteiger partial charge is 0.303 e. The number of hydrogen-bond donors (Lipinski definition) is 0. The van der Waals surface area contributed by atoms with Gasteiger partial charge in [-0.3, -0.25) is 0 Å². The number of hydrogen-bond acceptors (Lipinski definition) is 2. The first-order valence-corrected chi connectivity index (χ1v) is 4.61. The molecule has 0 aliphatic heterocycles. The molecule has 13 heavy (non-hydrogen) atoms. The monoisotopic (exact) mass is 255 g/mol. The van der Waals surface area contributed by atoms with Crippen molar-refractivity contribution in [2.45, 2.75) is 0 Å². The van der Waals surface area contributed by atoms with Gasteiger partial charge >= 0.3 is 0 Å². The zero-order valence-electron chi connectivity index (χ0n) is 6.33. The SMILES string of the molecule is N#Cc1cn2cc(Cl)cc(Br)c2n1. The smallest absolute Gasteiger partial charge is 0.159 e. The molecule has 0 radical (unpaired) electrons. The van der Waals surface area contributed by atoms with E-state index in [1.807, 2.05) is 6.07 Å². The van der Waals surface area contributed by atoms with Crippen molar-refractivity contribution >= 4 is 33.2 Å². The second kappa shape index (κ2) is 3.02. The van der Waals surface area contributed by atoms with E-state index in [2.05, 4.69) is 20.9 Å². The molecule has 3 nitrogen and oxygen atoms in total. The lowest BCUT2D eigenvalue weighted by Crippen LogP contribution is -1.83. The predicted octanol–water partition coefficient (Wildman–Crippen LogP) is 2.62. The molecule has 2 rings (SSSR count). The molecule has 2 aromatic heterocycles. The highest BCUT2D eigenvalue weighted by molar-refractivity contribution is 9.10. The number of nitriles is 1. The van der Waals surface area contributed by atoms with Crippen LogP contribution in [0, 0.1) is 11.3 Å². The minimum atomic E-state index is 0.378. The number of imidazole rings is 1. The van der Waals surface area contributed by atoms with Gasteiger partial charge in [-0.1, -0.05) is 11.6 Å². The Hall–Kier alpha value is -1.05. The molecule has 2 heterocycles. The molecule has 0 fully saturated rings. The van der Waals surface area contributed by atoms with Gasteiger partial charge in [0.15, 0.2) is 11.3 Å². The van der Waals surface area contributed by atoms with Crippen LogP contribution in [0.1, 0.15) is 5.69 Å². The molecule has 64 valence electrons. The van der Waals surface area contributed by atoms with Crippen LogP contribution >= 0.6 is 27.5 Å². The first-order chi connectivity index (χ1) is 6.20. The van der Waals surface area contributed by atoms with Crippen LogP contribution in [0.3, 0.4) is 0 Å². The highest BCUT2D eigenvalue weighted by Crippen LogP contribution is 2.21. The van der Waals surface area contributed by atoms with Crippen molar-refractivity contribution in [3.05, 3.63) is 33.6 Å². The Morgan fingerprint density at radius 3 is 3.00 bits per heavy atom. The van der Waals surface area contributed by atoms with Crippen molar-refractivity contribution in [3.8, 4) is 6.07 Å². The summed E-state index contributed by atoms with van der Waals surface area (Å²) in [6, 6.07) is 3.71. The molecule has 2 aromatic rings. The van der Waals surface area contributed by atoms with E-state index < -0.39 is 0 Å². The molecule has 0 saturated heterocycles. The molecule has 0 amide bonds.